The maximum atomic E-state index is 5.97. The quantitative estimate of drug-likeness (QED) is 0.783. The lowest BCUT2D eigenvalue weighted by atomic mass is 9.80. The molecule has 0 atom stereocenters. The first-order valence-electron chi connectivity index (χ1n) is 6.69. The highest BCUT2D eigenvalue weighted by atomic mass is 16.7. The molecule has 0 unspecified atom stereocenters. The molecule has 0 aromatic carbocycles. The fraction of sp³-hybridized carbons (Fsp3) is 0.643. The van der Waals surface area contributed by atoms with Gasteiger partial charge < -0.3 is 14.0 Å². The van der Waals surface area contributed by atoms with Crippen molar-refractivity contribution in [2.75, 3.05) is 0 Å². The average molecular weight is 263 g/mol. The van der Waals surface area contributed by atoms with Crippen molar-refractivity contribution in [2.24, 2.45) is 0 Å². The van der Waals surface area contributed by atoms with E-state index in [-0.39, 0.29) is 24.4 Å². The van der Waals surface area contributed by atoms with Crippen LogP contribution in [0.1, 0.15) is 41.5 Å². The number of hydrogen-bond acceptors (Lipinski definition) is 4. The third kappa shape index (κ3) is 2.93. The first-order valence-corrected chi connectivity index (χ1v) is 6.69. The van der Waals surface area contributed by atoms with Gasteiger partial charge in [0.15, 0.2) is 0 Å². The van der Waals surface area contributed by atoms with Crippen LogP contribution in [-0.2, 0) is 9.31 Å². The summed E-state index contributed by atoms with van der Waals surface area (Å²) < 4.78 is 17.5. The third-order valence-corrected chi connectivity index (χ3v) is 3.64. The van der Waals surface area contributed by atoms with Crippen LogP contribution in [-0.4, -0.2) is 29.4 Å². The van der Waals surface area contributed by atoms with E-state index in [1.54, 1.807) is 6.20 Å². The molecule has 104 valence electrons. The second kappa shape index (κ2) is 4.80. The number of pyridine rings is 1. The van der Waals surface area contributed by atoms with Crippen LogP contribution in [0.2, 0.25) is 0 Å². The van der Waals surface area contributed by atoms with Crippen molar-refractivity contribution in [3.05, 3.63) is 18.3 Å². The van der Waals surface area contributed by atoms with Crippen LogP contribution in [0.5, 0.6) is 5.88 Å². The normalized spacial score (nSPS) is 20.9. The van der Waals surface area contributed by atoms with Gasteiger partial charge in [0.05, 0.1) is 17.3 Å². The summed E-state index contributed by atoms with van der Waals surface area (Å²) in [6.07, 6.45) is 1.87. The molecular formula is C14H22BNO3. The summed E-state index contributed by atoms with van der Waals surface area (Å²) in [6.45, 7) is 12.1. The predicted octanol–water partition coefficient (Wildman–Crippen LogP) is 2.17. The van der Waals surface area contributed by atoms with Gasteiger partial charge in [-0.1, -0.05) is 6.07 Å². The molecule has 0 bridgehead atoms. The molecule has 2 rings (SSSR count). The smallest absolute Gasteiger partial charge is 0.475 e. The Balaban J connectivity index is 2.12. The molecule has 0 N–H and O–H groups in total. The standard InChI is InChI=1S/C14H22BNO3/c1-10(2)17-12-8-7-11(9-16-12)15-18-13(3,4)14(5,6)19-15/h7-10H,1-6H3. The van der Waals surface area contributed by atoms with E-state index in [2.05, 4.69) is 4.98 Å². The Morgan fingerprint density at radius 3 is 2.11 bits per heavy atom. The van der Waals surface area contributed by atoms with Crippen LogP contribution >= 0.6 is 0 Å². The van der Waals surface area contributed by atoms with Crippen LogP contribution in [0.4, 0.5) is 0 Å². The first-order chi connectivity index (χ1) is 8.71. The molecule has 0 saturated carbocycles. The van der Waals surface area contributed by atoms with E-state index >= 15 is 0 Å². The van der Waals surface area contributed by atoms with E-state index in [4.69, 9.17) is 14.0 Å². The fourth-order valence-electron chi connectivity index (χ4n) is 1.82. The largest absolute Gasteiger partial charge is 0.496 e. The van der Waals surface area contributed by atoms with E-state index in [0.29, 0.717) is 5.88 Å². The Morgan fingerprint density at radius 1 is 1.11 bits per heavy atom. The van der Waals surface area contributed by atoms with Crippen LogP contribution in [0.3, 0.4) is 0 Å². The Labute approximate surface area is 115 Å². The van der Waals surface area contributed by atoms with E-state index in [1.165, 1.54) is 0 Å². The van der Waals surface area contributed by atoms with Gasteiger partial charge in [0.1, 0.15) is 0 Å². The van der Waals surface area contributed by atoms with Gasteiger partial charge in [-0.3, -0.25) is 0 Å². The molecule has 5 heteroatoms. The highest BCUT2D eigenvalue weighted by Gasteiger charge is 2.51. The van der Waals surface area contributed by atoms with Gasteiger partial charge in [0.25, 0.3) is 0 Å². The van der Waals surface area contributed by atoms with Gasteiger partial charge in [-0.15, -0.1) is 0 Å². The molecule has 0 amide bonds. The molecule has 1 aromatic heterocycles. The van der Waals surface area contributed by atoms with Crippen LogP contribution in [0.25, 0.3) is 0 Å². The summed E-state index contributed by atoms with van der Waals surface area (Å²) in [5, 5.41) is 0. The van der Waals surface area contributed by atoms with Gasteiger partial charge in [0.2, 0.25) is 5.88 Å². The van der Waals surface area contributed by atoms with E-state index in [0.717, 1.165) is 5.46 Å². The molecule has 0 aliphatic carbocycles. The maximum absolute atomic E-state index is 5.97. The Bertz CT molecular complexity index is 427. The van der Waals surface area contributed by atoms with Gasteiger partial charge in [-0.2, -0.15) is 0 Å². The molecule has 1 aliphatic rings. The zero-order valence-electron chi connectivity index (χ0n) is 12.6. The highest BCUT2D eigenvalue weighted by Crippen LogP contribution is 2.36. The van der Waals surface area contributed by atoms with Crippen molar-refractivity contribution in [1.29, 1.82) is 0 Å². The van der Waals surface area contributed by atoms with Crippen molar-refractivity contribution < 1.29 is 14.0 Å². The number of nitrogens with zero attached hydrogens (tertiary/aromatic N) is 1. The highest BCUT2D eigenvalue weighted by molar-refractivity contribution is 6.62. The van der Waals surface area contributed by atoms with Crippen molar-refractivity contribution in [3.63, 3.8) is 0 Å². The number of aromatic nitrogens is 1. The van der Waals surface area contributed by atoms with E-state index < -0.39 is 0 Å². The summed E-state index contributed by atoms with van der Waals surface area (Å²) in [4.78, 5) is 4.28. The van der Waals surface area contributed by atoms with Gasteiger partial charge in [-0.05, 0) is 47.6 Å². The van der Waals surface area contributed by atoms with Crippen LogP contribution in [0, 0.1) is 0 Å². The molecule has 2 heterocycles. The minimum atomic E-state index is -0.370. The topological polar surface area (TPSA) is 40.6 Å². The van der Waals surface area contributed by atoms with Gasteiger partial charge in [-0.25, -0.2) is 4.98 Å². The van der Waals surface area contributed by atoms with E-state index in [9.17, 15) is 0 Å². The van der Waals surface area contributed by atoms with Crippen molar-refractivity contribution in [2.45, 2.75) is 58.8 Å². The van der Waals surface area contributed by atoms with E-state index in [1.807, 2.05) is 53.7 Å². The minimum Gasteiger partial charge on any atom is -0.475 e. The fourth-order valence-corrected chi connectivity index (χ4v) is 1.82. The molecule has 19 heavy (non-hydrogen) atoms. The van der Waals surface area contributed by atoms with Crippen LogP contribution in [0.15, 0.2) is 18.3 Å². The number of ether oxygens (including phenoxy) is 1. The zero-order chi connectivity index (χ0) is 14.3. The van der Waals surface area contributed by atoms with Crippen molar-refractivity contribution in [3.8, 4) is 5.88 Å². The summed E-state index contributed by atoms with van der Waals surface area (Å²) >= 11 is 0. The lowest BCUT2D eigenvalue weighted by Crippen LogP contribution is -2.41. The van der Waals surface area contributed by atoms with Crippen molar-refractivity contribution in [1.82, 2.24) is 4.98 Å². The summed E-state index contributed by atoms with van der Waals surface area (Å²) in [7, 11) is -0.370. The monoisotopic (exact) mass is 263 g/mol. The molecule has 1 saturated heterocycles. The second-order valence-electron chi connectivity index (χ2n) is 6.18. The zero-order valence-corrected chi connectivity index (χ0v) is 12.6. The molecule has 0 radical (unpaired) electrons. The molecule has 0 spiro atoms. The molecular weight excluding hydrogens is 241 g/mol. The first kappa shape index (κ1) is 14.3. The molecule has 1 fully saturated rings. The summed E-state index contributed by atoms with van der Waals surface area (Å²) in [6, 6.07) is 3.78. The number of rotatable bonds is 3. The summed E-state index contributed by atoms with van der Waals surface area (Å²) in [5.41, 5.74) is 0.255. The second-order valence-corrected chi connectivity index (χ2v) is 6.18. The van der Waals surface area contributed by atoms with Gasteiger partial charge in [0, 0.05) is 11.7 Å². The van der Waals surface area contributed by atoms with Gasteiger partial charge >= 0.3 is 7.12 Å². The predicted molar refractivity (Wildman–Crippen MR) is 75.7 cm³/mol. The molecule has 1 aromatic rings. The Hall–Kier alpha value is -1.07. The SMILES string of the molecule is CC(C)Oc1ccc(B2OC(C)(C)C(C)(C)O2)cn1. The summed E-state index contributed by atoms with van der Waals surface area (Å²) in [5.74, 6) is 0.621. The molecule has 1 aliphatic heterocycles. The third-order valence-electron chi connectivity index (χ3n) is 3.64. The molecule has 4 nitrogen and oxygen atoms in total. The van der Waals surface area contributed by atoms with Crippen molar-refractivity contribution >= 4 is 12.6 Å². The lowest BCUT2D eigenvalue weighted by Gasteiger charge is -2.32. The minimum absolute atomic E-state index is 0.121. The average Bonchev–Trinajstić information content (AvgIpc) is 2.48. The number of hydrogen-bond donors (Lipinski definition) is 0. The Kier molecular flexibility index (Phi) is 3.62. The Morgan fingerprint density at radius 2 is 1.68 bits per heavy atom. The maximum Gasteiger partial charge on any atom is 0.496 e. The lowest BCUT2D eigenvalue weighted by molar-refractivity contribution is 0.00578. The van der Waals surface area contributed by atoms with Crippen LogP contribution < -0.4 is 10.2 Å².